The molecule has 1 saturated heterocycles. The van der Waals surface area contributed by atoms with Gasteiger partial charge in [0.1, 0.15) is 0 Å². The highest BCUT2D eigenvalue weighted by Crippen LogP contribution is 2.54. The number of likely N-dealkylation sites (tertiary alicyclic amines) is 1. The van der Waals surface area contributed by atoms with E-state index in [1.807, 2.05) is 0 Å². The van der Waals surface area contributed by atoms with Crippen molar-refractivity contribution in [3.8, 4) is 0 Å². The molecular formula is C14H22ClNO2. The van der Waals surface area contributed by atoms with Gasteiger partial charge in [-0.3, -0.25) is 4.79 Å². The number of piperidine rings is 1. The first kappa shape index (κ1) is 12.7. The van der Waals surface area contributed by atoms with Gasteiger partial charge >= 0.3 is 0 Å². The number of rotatable bonds is 4. The van der Waals surface area contributed by atoms with Crippen LogP contribution < -0.4 is 0 Å². The van der Waals surface area contributed by atoms with Gasteiger partial charge in [-0.1, -0.05) is 0 Å². The molecular weight excluding hydrogens is 250 g/mol. The molecule has 3 aliphatic rings. The Balaban J connectivity index is 1.43. The molecule has 18 heavy (non-hydrogen) atoms. The number of nitrogens with zero attached hydrogens (tertiary/aromatic N) is 1. The summed E-state index contributed by atoms with van der Waals surface area (Å²) in [5.74, 6) is 3.10. The van der Waals surface area contributed by atoms with Crippen LogP contribution in [0.3, 0.4) is 0 Å². The number of ether oxygens (including phenoxy) is 1. The van der Waals surface area contributed by atoms with E-state index in [0.29, 0.717) is 30.4 Å². The number of alkyl halides is 1. The molecule has 2 aliphatic carbocycles. The van der Waals surface area contributed by atoms with Crippen LogP contribution in [0, 0.1) is 17.8 Å². The maximum atomic E-state index is 12.4. The number of fused-ring (bicyclic) bond motifs is 1. The van der Waals surface area contributed by atoms with Crippen LogP contribution in [0.15, 0.2) is 0 Å². The highest BCUT2D eigenvalue weighted by Gasteiger charge is 2.48. The molecule has 0 spiro atoms. The Morgan fingerprint density at radius 2 is 1.83 bits per heavy atom. The maximum absolute atomic E-state index is 12.4. The third-order valence-electron chi connectivity index (χ3n) is 4.78. The van der Waals surface area contributed by atoms with Crippen LogP contribution >= 0.6 is 11.6 Å². The lowest BCUT2D eigenvalue weighted by molar-refractivity contribution is -0.138. The summed E-state index contributed by atoms with van der Waals surface area (Å²) in [4.78, 5) is 14.4. The summed E-state index contributed by atoms with van der Waals surface area (Å²) in [7, 11) is 0. The van der Waals surface area contributed by atoms with Crippen LogP contribution in [0.1, 0.15) is 32.1 Å². The number of carbonyl (C=O) groups is 1. The number of halogens is 1. The van der Waals surface area contributed by atoms with E-state index in [0.717, 1.165) is 50.6 Å². The fourth-order valence-corrected chi connectivity index (χ4v) is 3.72. The molecule has 3 rings (SSSR count). The Morgan fingerprint density at radius 3 is 2.44 bits per heavy atom. The topological polar surface area (TPSA) is 29.5 Å². The SMILES string of the molecule is O=C(C1CC2CC2C1)N1CCC(OCCCl)CC1. The lowest BCUT2D eigenvalue weighted by Gasteiger charge is -2.33. The Labute approximate surface area is 114 Å². The van der Waals surface area contributed by atoms with E-state index >= 15 is 0 Å². The molecule has 2 atom stereocenters. The van der Waals surface area contributed by atoms with Crippen LogP contribution in [0.5, 0.6) is 0 Å². The summed E-state index contributed by atoms with van der Waals surface area (Å²) < 4.78 is 5.64. The number of hydrogen-bond acceptors (Lipinski definition) is 2. The molecule has 2 unspecified atom stereocenters. The second-order valence-electron chi connectivity index (χ2n) is 6.01. The van der Waals surface area contributed by atoms with Crippen LogP contribution in [0.4, 0.5) is 0 Å². The summed E-state index contributed by atoms with van der Waals surface area (Å²) in [6, 6.07) is 0. The summed E-state index contributed by atoms with van der Waals surface area (Å²) in [6.07, 6.45) is 5.96. The minimum absolute atomic E-state index is 0.310. The van der Waals surface area contributed by atoms with Crippen LogP contribution in [0.25, 0.3) is 0 Å². The van der Waals surface area contributed by atoms with E-state index in [2.05, 4.69) is 4.90 Å². The van der Waals surface area contributed by atoms with Crippen molar-refractivity contribution in [1.82, 2.24) is 4.90 Å². The molecule has 0 N–H and O–H groups in total. The fraction of sp³-hybridized carbons (Fsp3) is 0.929. The van der Waals surface area contributed by atoms with Crippen molar-refractivity contribution < 1.29 is 9.53 Å². The number of carbonyl (C=O) groups excluding carboxylic acids is 1. The van der Waals surface area contributed by atoms with E-state index < -0.39 is 0 Å². The molecule has 1 aliphatic heterocycles. The first-order valence-corrected chi connectivity index (χ1v) is 7.77. The summed E-state index contributed by atoms with van der Waals surface area (Å²) in [6.45, 7) is 2.38. The predicted octanol–water partition coefficient (Wildman–Crippen LogP) is 2.28. The quantitative estimate of drug-likeness (QED) is 0.734. The Kier molecular flexibility index (Phi) is 3.81. The molecule has 0 aromatic heterocycles. The zero-order chi connectivity index (χ0) is 12.5. The summed E-state index contributed by atoms with van der Waals surface area (Å²) >= 11 is 5.61. The Hall–Kier alpha value is -0.280. The molecule has 0 aromatic rings. The van der Waals surface area contributed by atoms with Gasteiger partial charge in [0, 0.05) is 24.9 Å². The average molecular weight is 272 g/mol. The normalized spacial score (nSPS) is 35.6. The van der Waals surface area contributed by atoms with Crippen molar-refractivity contribution in [3.05, 3.63) is 0 Å². The van der Waals surface area contributed by atoms with E-state index in [9.17, 15) is 4.79 Å². The molecule has 2 saturated carbocycles. The molecule has 1 heterocycles. The molecule has 3 nitrogen and oxygen atoms in total. The third kappa shape index (κ3) is 2.67. The highest BCUT2D eigenvalue weighted by molar-refractivity contribution is 6.17. The van der Waals surface area contributed by atoms with E-state index in [1.165, 1.54) is 6.42 Å². The van der Waals surface area contributed by atoms with Gasteiger partial charge in [-0.2, -0.15) is 0 Å². The lowest BCUT2D eigenvalue weighted by atomic mass is 9.99. The van der Waals surface area contributed by atoms with Crippen molar-refractivity contribution in [2.75, 3.05) is 25.6 Å². The van der Waals surface area contributed by atoms with Gasteiger partial charge < -0.3 is 9.64 Å². The van der Waals surface area contributed by atoms with Crippen molar-refractivity contribution in [2.45, 2.75) is 38.2 Å². The van der Waals surface area contributed by atoms with E-state index in [4.69, 9.17) is 16.3 Å². The van der Waals surface area contributed by atoms with Crippen molar-refractivity contribution in [3.63, 3.8) is 0 Å². The lowest BCUT2D eigenvalue weighted by Crippen LogP contribution is -2.43. The molecule has 102 valence electrons. The molecule has 0 bridgehead atoms. The van der Waals surface area contributed by atoms with Gasteiger partial charge in [0.05, 0.1) is 12.7 Å². The standard InChI is InChI=1S/C14H22ClNO2/c15-3-6-18-13-1-4-16(5-2-13)14(17)12-8-10-7-11(10)9-12/h10-13H,1-9H2. The van der Waals surface area contributed by atoms with E-state index in [1.54, 1.807) is 0 Å². The average Bonchev–Trinajstić information content (AvgIpc) is 3.03. The van der Waals surface area contributed by atoms with Gasteiger partial charge in [-0.05, 0) is 43.9 Å². The van der Waals surface area contributed by atoms with Gasteiger partial charge in [0.2, 0.25) is 5.91 Å². The maximum Gasteiger partial charge on any atom is 0.225 e. The summed E-state index contributed by atoms with van der Waals surface area (Å²) in [5, 5.41) is 0. The monoisotopic (exact) mass is 271 g/mol. The molecule has 1 amide bonds. The third-order valence-corrected chi connectivity index (χ3v) is 4.93. The van der Waals surface area contributed by atoms with Gasteiger partial charge in [0.25, 0.3) is 0 Å². The number of amides is 1. The second kappa shape index (κ2) is 5.38. The van der Waals surface area contributed by atoms with Gasteiger partial charge in [-0.15, -0.1) is 11.6 Å². The van der Waals surface area contributed by atoms with Crippen molar-refractivity contribution in [2.24, 2.45) is 17.8 Å². The molecule has 0 aromatic carbocycles. The predicted molar refractivity (Wildman–Crippen MR) is 70.6 cm³/mol. The van der Waals surface area contributed by atoms with Crippen LogP contribution in [-0.4, -0.2) is 42.5 Å². The van der Waals surface area contributed by atoms with Gasteiger partial charge in [0.15, 0.2) is 0 Å². The van der Waals surface area contributed by atoms with Crippen molar-refractivity contribution >= 4 is 17.5 Å². The molecule has 0 radical (unpaired) electrons. The Morgan fingerprint density at radius 1 is 1.17 bits per heavy atom. The fourth-order valence-electron chi connectivity index (χ4n) is 3.63. The van der Waals surface area contributed by atoms with Gasteiger partial charge in [-0.25, -0.2) is 0 Å². The van der Waals surface area contributed by atoms with Crippen LogP contribution in [-0.2, 0) is 9.53 Å². The molecule has 4 heteroatoms. The largest absolute Gasteiger partial charge is 0.377 e. The zero-order valence-corrected chi connectivity index (χ0v) is 11.6. The minimum atomic E-state index is 0.310. The van der Waals surface area contributed by atoms with E-state index in [-0.39, 0.29) is 0 Å². The summed E-state index contributed by atoms with van der Waals surface area (Å²) in [5.41, 5.74) is 0. The second-order valence-corrected chi connectivity index (χ2v) is 6.39. The van der Waals surface area contributed by atoms with Crippen molar-refractivity contribution in [1.29, 1.82) is 0 Å². The first-order chi connectivity index (χ1) is 8.78. The smallest absolute Gasteiger partial charge is 0.225 e. The Bertz CT molecular complexity index is 305. The highest BCUT2D eigenvalue weighted by atomic mass is 35.5. The minimum Gasteiger partial charge on any atom is -0.377 e. The number of hydrogen-bond donors (Lipinski definition) is 0. The zero-order valence-electron chi connectivity index (χ0n) is 10.8. The molecule has 3 fully saturated rings. The van der Waals surface area contributed by atoms with Crippen LogP contribution in [0.2, 0.25) is 0 Å². The first-order valence-electron chi connectivity index (χ1n) is 7.24.